The Morgan fingerprint density at radius 3 is 2.52 bits per heavy atom. The second-order valence-electron chi connectivity index (χ2n) is 7.31. The fourth-order valence-corrected chi connectivity index (χ4v) is 4.25. The number of piperazine rings is 1. The zero-order valence-corrected chi connectivity index (χ0v) is 18.1. The van der Waals surface area contributed by atoms with E-state index in [2.05, 4.69) is 20.1 Å². The van der Waals surface area contributed by atoms with E-state index in [9.17, 15) is 9.18 Å². The first-order valence-electron chi connectivity index (χ1n) is 10.0. The minimum absolute atomic E-state index is 0.0459. The van der Waals surface area contributed by atoms with E-state index in [-0.39, 0.29) is 17.5 Å². The summed E-state index contributed by atoms with van der Waals surface area (Å²) in [5.74, 6) is 0.705. The number of aromatic amines is 1. The largest absolute Gasteiger partial charge is 0.494 e. The van der Waals surface area contributed by atoms with Crippen molar-refractivity contribution >= 4 is 17.7 Å². The van der Waals surface area contributed by atoms with Crippen LogP contribution in [0.1, 0.15) is 21.5 Å². The number of aromatic nitrogens is 3. The average Bonchev–Trinajstić information content (AvgIpc) is 3.32. The highest BCUT2D eigenvalue weighted by Crippen LogP contribution is 2.21. The van der Waals surface area contributed by atoms with Crippen molar-refractivity contribution in [3.8, 4) is 5.75 Å². The molecule has 1 N–H and O–H groups in total. The lowest BCUT2D eigenvalue weighted by atomic mass is 10.1. The zero-order valence-electron chi connectivity index (χ0n) is 17.3. The summed E-state index contributed by atoms with van der Waals surface area (Å²) in [6.45, 7) is 3.47. The van der Waals surface area contributed by atoms with Crippen molar-refractivity contribution in [3.63, 3.8) is 0 Å². The molecule has 1 aliphatic heterocycles. The van der Waals surface area contributed by atoms with Gasteiger partial charge in [-0.1, -0.05) is 30.0 Å². The van der Waals surface area contributed by atoms with Crippen LogP contribution in [0, 0.1) is 5.82 Å². The predicted molar refractivity (Wildman–Crippen MR) is 117 cm³/mol. The van der Waals surface area contributed by atoms with Crippen LogP contribution < -0.4 is 4.74 Å². The van der Waals surface area contributed by atoms with E-state index in [4.69, 9.17) is 4.74 Å². The molecule has 1 amide bonds. The van der Waals surface area contributed by atoms with Crippen LogP contribution in [0.2, 0.25) is 0 Å². The maximum atomic E-state index is 13.9. The van der Waals surface area contributed by atoms with E-state index in [1.165, 1.54) is 19.5 Å². The normalized spacial score (nSPS) is 14.6. The van der Waals surface area contributed by atoms with E-state index in [0.29, 0.717) is 25.2 Å². The predicted octanol–water partition coefficient (Wildman–Crippen LogP) is 3.20. The Morgan fingerprint density at radius 2 is 1.87 bits per heavy atom. The number of benzene rings is 2. The number of halogens is 1. The Balaban J connectivity index is 1.27. The molecular weight excluding hydrogens is 417 g/mol. The van der Waals surface area contributed by atoms with Crippen LogP contribution in [0.3, 0.4) is 0 Å². The molecule has 2 heterocycles. The molecular formula is C22H24FN5O2S. The first-order valence-corrected chi connectivity index (χ1v) is 11.0. The highest BCUT2D eigenvalue weighted by atomic mass is 32.2. The van der Waals surface area contributed by atoms with E-state index >= 15 is 0 Å². The Kier molecular flexibility index (Phi) is 6.83. The molecule has 1 saturated heterocycles. The van der Waals surface area contributed by atoms with Gasteiger partial charge in [0, 0.05) is 44.0 Å². The van der Waals surface area contributed by atoms with Crippen LogP contribution in [0.5, 0.6) is 5.75 Å². The number of hydrogen-bond acceptors (Lipinski definition) is 6. The van der Waals surface area contributed by atoms with E-state index < -0.39 is 0 Å². The summed E-state index contributed by atoms with van der Waals surface area (Å²) < 4.78 is 18.9. The van der Waals surface area contributed by atoms with Gasteiger partial charge in [-0.15, -0.1) is 0 Å². The van der Waals surface area contributed by atoms with Gasteiger partial charge in [0.15, 0.2) is 16.7 Å². The summed E-state index contributed by atoms with van der Waals surface area (Å²) in [7, 11) is 1.46. The van der Waals surface area contributed by atoms with Gasteiger partial charge >= 0.3 is 0 Å². The molecule has 7 nitrogen and oxygen atoms in total. The van der Waals surface area contributed by atoms with Crippen molar-refractivity contribution in [2.45, 2.75) is 17.5 Å². The highest BCUT2D eigenvalue weighted by molar-refractivity contribution is 7.98. The van der Waals surface area contributed by atoms with Crippen molar-refractivity contribution in [1.29, 1.82) is 0 Å². The second kappa shape index (κ2) is 9.93. The maximum Gasteiger partial charge on any atom is 0.253 e. The summed E-state index contributed by atoms with van der Waals surface area (Å²) >= 11 is 1.57. The van der Waals surface area contributed by atoms with Crippen LogP contribution in [-0.2, 0) is 12.3 Å². The Bertz CT molecular complexity index is 1010. The van der Waals surface area contributed by atoms with E-state index in [1.54, 1.807) is 17.8 Å². The van der Waals surface area contributed by atoms with Gasteiger partial charge in [-0.3, -0.25) is 14.8 Å². The van der Waals surface area contributed by atoms with Crippen LogP contribution in [0.15, 0.2) is 53.9 Å². The zero-order chi connectivity index (χ0) is 21.6. The molecule has 9 heteroatoms. The third-order valence-electron chi connectivity index (χ3n) is 5.25. The van der Waals surface area contributed by atoms with Gasteiger partial charge in [0.25, 0.3) is 5.91 Å². The lowest BCUT2D eigenvalue weighted by Crippen LogP contribution is -2.48. The second-order valence-corrected chi connectivity index (χ2v) is 8.28. The van der Waals surface area contributed by atoms with Crippen LogP contribution in [-0.4, -0.2) is 64.2 Å². The smallest absolute Gasteiger partial charge is 0.253 e. The number of carbonyl (C=O) groups is 1. The van der Waals surface area contributed by atoms with Gasteiger partial charge in [0.2, 0.25) is 0 Å². The quantitative estimate of drug-likeness (QED) is 0.568. The molecule has 0 bridgehead atoms. The highest BCUT2D eigenvalue weighted by Gasteiger charge is 2.22. The fraction of sp³-hybridized carbons (Fsp3) is 0.318. The molecule has 31 heavy (non-hydrogen) atoms. The number of thioether (sulfide) groups is 1. The Morgan fingerprint density at radius 1 is 1.13 bits per heavy atom. The molecule has 1 fully saturated rings. The third kappa shape index (κ3) is 5.42. The third-order valence-corrected chi connectivity index (χ3v) is 6.20. The van der Waals surface area contributed by atoms with Gasteiger partial charge in [-0.05, 0) is 35.4 Å². The molecule has 0 saturated carbocycles. The number of carbonyl (C=O) groups excluding carboxylic acids is 1. The molecule has 0 aliphatic carbocycles. The van der Waals surface area contributed by atoms with Crippen molar-refractivity contribution in [2.24, 2.45) is 0 Å². The Hall–Kier alpha value is -2.91. The number of nitrogens with one attached hydrogen (secondary N) is 1. The lowest BCUT2D eigenvalue weighted by Gasteiger charge is -2.34. The van der Waals surface area contributed by atoms with Crippen molar-refractivity contribution in [1.82, 2.24) is 25.0 Å². The van der Waals surface area contributed by atoms with Gasteiger partial charge in [-0.25, -0.2) is 9.37 Å². The topological polar surface area (TPSA) is 74.3 Å². The molecule has 1 aliphatic rings. The number of amides is 1. The van der Waals surface area contributed by atoms with Gasteiger partial charge < -0.3 is 9.64 Å². The van der Waals surface area contributed by atoms with Crippen molar-refractivity contribution in [3.05, 3.63) is 71.3 Å². The molecule has 0 radical (unpaired) electrons. The summed E-state index contributed by atoms with van der Waals surface area (Å²) in [5, 5.41) is 7.42. The minimum atomic E-state index is -0.350. The molecule has 162 valence electrons. The first-order chi connectivity index (χ1) is 15.1. The number of methoxy groups -OCH3 is 1. The number of nitrogens with zero attached hydrogens (tertiary/aromatic N) is 4. The van der Waals surface area contributed by atoms with Gasteiger partial charge in [0.05, 0.1) is 7.11 Å². The molecule has 0 unspecified atom stereocenters. The first kappa shape index (κ1) is 21.3. The average molecular weight is 442 g/mol. The fourth-order valence-electron chi connectivity index (χ4n) is 3.52. The summed E-state index contributed by atoms with van der Waals surface area (Å²) in [6, 6.07) is 12.8. The molecule has 3 aromatic rings. The van der Waals surface area contributed by atoms with Gasteiger partial charge in [-0.2, -0.15) is 5.10 Å². The Labute approximate surface area is 184 Å². The lowest BCUT2D eigenvalue weighted by molar-refractivity contribution is 0.0628. The number of rotatable bonds is 7. The molecule has 2 aromatic carbocycles. The van der Waals surface area contributed by atoms with E-state index in [0.717, 1.165) is 35.1 Å². The van der Waals surface area contributed by atoms with E-state index in [1.807, 2.05) is 35.2 Å². The summed E-state index contributed by atoms with van der Waals surface area (Å²) in [6.07, 6.45) is 1.49. The SMILES string of the molecule is COc1ccc(CN2CCN(C(=O)c3ccc(CSc4ncn[nH]4)cc3)CC2)cc1F. The van der Waals surface area contributed by atoms with Crippen LogP contribution in [0.4, 0.5) is 4.39 Å². The van der Waals surface area contributed by atoms with Gasteiger partial charge in [0.1, 0.15) is 6.33 Å². The maximum absolute atomic E-state index is 13.9. The van der Waals surface area contributed by atoms with Crippen LogP contribution in [0.25, 0.3) is 0 Å². The molecule has 0 spiro atoms. The van der Waals surface area contributed by atoms with Crippen molar-refractivity contribution < 1.29 is 13.9 Å². The number of ether oxygens (including phenoxy) is 1. The number of H-pyrrole nitrogens is 1. The monoisotopic (exact) mass is 441 g/mol. The summed E-state index contributed by atoms with van der Waals surface area (Å²) in [4.78, 5) is 21.1. The minimum Gasteiger partial charge on any atom is -0.494 e. The van der Waals surface area contributed by atoms with Crippen molar-refractivity contribution in [2.75, 3.05) is 33.3 Å². The molecule has 4 rings (SSSR count). The standard InChI is InChI=1S/C22H24FN5O2S/c1-30-20-7-4-17(12-19(20)23)13-27-8-10-28(11-9-27)21(29)18-5-2-16(3-6-18)14-31-22-24-15-25-26-22/h2-7,12,15H,8-11,13-14H2,1H3,(H,24,25,26). The molecule has 1 aromatic heterocycles. The van der Waals surface area contributed by atoms with Crippen LogP contribution >= 0.6 is 11.8 Å². The number of hydrogen-bond donors (Lipinski definition) is 1. The summed E-state index contributed by atoms with van der Waals surface area (Å²) in [5.41, 5.74) is 2.71. The molecule has 0 atom stereocenters.